The molecule has 0 radical (unpaired) electrons. The molecule has 3 heterocycles. The van der Waals surface area contributed by atoms with Gasteiger partial charge in [0.15, 0.2) is 0 Å². The molecule has 2 aromatic heterocycles. The number of thiophene rings is 1. The Morgan fingerprint density at radius 2 is 2.29 bits per heavy atom. The molecule has 0 atom stereocenters. The molecule has 21 heavy (non-hydrogen) atoms. The minimum absolute atomic E-state index is 0.00234. The van der Waals surface area contributed by atoms with Gasteiger partial charge < -0.3 is 9.47 Å². The summed E-state index contributed by atoms with van der Waals surface area (Å²) in [6, 6.07) is 2.00. The van der Waals surface area contributed by atoms with Crippen LogP contribution in [-0.2, 0) is 26.4 Å². The van der Waals surface area contributed by atoms with Gasteiger partial charge >= 0.3 is 0 Å². The third kappa shape index (κ3) is 2.40. The van der Waals surface area contributed by atoms with Gasteiger partial charge in [0.25, 0.3) is 11.5 Å². The van der Waals surface area contributed by atoms with Gasteiger partial charge in [0.2, 0.25) is 0 Å². The maximum Gasteiger partial charge on any atom is 0.264 e. The predicted octanol–water partition coefficient (Wildman–Crippen LogP) is 1.60. The Labute approximate surface area is 126 Å². The lowest BCUT2D eigenvalue weighted by atomic mass is 10.1. The van der Waals surface area contributed by atoms with Gasteiger partial charge in [0.1, 0.15) is 0 Å². The number of amides is 1. The minimum atomic E-state index is -0.00234. The quantitative estimate of drug-likeness (QED) is 0.847. The number of fused-ring (bicyclic) bond motifs is 1. The average molecular weight is 303 g/mol. The first-order chi connectivity index (χ1) is 10.1. The zero-order valence-corrected chi connectivity index (χ0v) is 12.9. The van der Waals surface area contributed by atoms with E-state index < -0.39 is 0 Å². The van der Waals surface area contributed by atoms with Crippen LogP contribution in [0.1, 0.15) is 33.4 Å². The van der Waals surface area contributed by atoms with Gasteiger partial charge in [-0.1, -0.05) is 6.92 Å². The molecule has 0 aliphatic carbocycles. The van der Waals surface area contributed by atoms with E-state index in [0.717, 1.165) is 28.1 Å². The maximum absolute atomic E-state index is 12.6. The van der Waals surface area contributed by atoms with Crippen molar-refractivity contribution in [2.75, 3.05) is 6.54 Å². The van der Waals surface area contributed by atoms with E-state index in [0.29, 0.717) is 19.5 Å². The number of nitrogens with zero attached hydrogens (tertiary/aromatic N) is 3. The lowest BCUT2D eigenvalue weighted by Crippen LogP contribution is -2.40. The Balaban J connectivity index is 1.88. The number of hydrogen-bond acceptors (Lipinski definition) is 4. The van der Waals surface area contributed by atoms with Gasteiger partial charge in [-0.15, -0.1) is 11.3 Å². The lowest BCUT2D eigenvalue weighted by molar-refractivity contribution is 0.0735. The fraction of sp³-hybridized carbons (Fsp3) is 0.400. The largest absolute Gasteiger partial charge is 0.332 e. The molecule has 0 saturated heterocycles. The number of carbonyl (C=O) groups is 1. The summed E-state index contributed by atoms with van der Waals surface area (Å²) in [5.41, 5.74) is 2.56. The minimum Gasteiger partial charge on any atom is -0.332 e. The molecule has 1 amide bonds. The molecule has 3 rings (SSSR count). The second kappa shape index (κ2) is 5.44. The summed E-state index contributed by atoms with van der Waals surface area (Å²) in [4.78, 5) is 31.6. The van der Waals surface area contributed by atoms with Crippen molar-refractivity contribution < 1.29 is 4.79 Å². The first-order valence-electron chi connectivity index (χ1n) is 7.00. The van der Waals surface area contributed by atoms with Crippen molar-refractivity contribution in [3.63, 3.8) is 0 Å². The fourth-order valence-electron chi connectivity index (χ4n) is 2.64. The summed E-state index contributed by atoms with van der Waals surface area (Å²) < 4.78 is 1.49. The summed E-state index contributed by atoms with van der Waals surface area (Å²) in [6.07, 6.45) is 2.96. The summed E-state index contributed by atoms with van der Waals surface area (Å²) in [5, 5.41) is 1.96. The molecular weight excluding hydrogens is 286 g/mol. The molecule has 0 fully saturated rings. The molecule has 0 bridgehead atoms. The van der Waals surface area contributed by atoms with Crippen LogP contribution in [0.4, 0.5) is 0 Å². The second-order valence-corrected chi connectivity index (χ2v) is 6.11. The van der Waals surface area contributed by atoms with Crippen LogP contribution in [0.2, 0.25) is 0 Å². The van der Waals surface area contributed by atoms with Gasteiger partial charge in [-0.3, -0.25) is 9.59 Å². The van der Waals surface area contributed by atoms with Gasteiger partial charge in [-0.2, -0.15) is 0 Å². The first kappa shape index (κ1) is 14.0. The van der Waals surface area contributed by atoms with Crippen LogP contribution in [0.15, 0.2) is 22.6 Å². The van der Waals surface area contributed by atoms with Crippen molar-refractivity contribution in [3.8, 4) is 0 Å². The Morgan fingerprint density at radius 3 is 3.05 bits per heavy atom. The Hall–Kier alpha value is -1.95. The molecule has 0 unspecified atom stereocenters. The van der Waals surface area contributed by atoms with E-state index in [1.54, 1.807) is 11.9 Å². The molecule has 6 heteroatoms. The summed E-state index contributed by atoms with van der Waals surface area (Å²) in [7, 11) is 1.70. The van der Waals surface area contributed by atoms with Crippen molar-refractivity contribution in [2.45, 2.75) is 26.3 Å². The molecule has 110 valence electrons. The highest BCUT2D eigenvalue weighted by atomic mass is 32.1. The van der Waals surface area contributed by atoms with Crippen LogP contribution in [0.5, 0.6) is 0 Å². The monoisotopic (exact) mass is 303 g/mol. The Morgan fingerprint density at radius 1 is 1.48 bits per heavy atom. The standard InChI is InChI=1S/C15H17N3O2S/c1-3-10-5-7-21-13(10)15(20)18-6-4-11-12(8-18)16-9-17(2)14(11)19/h5,7,9H,3-4,6,8H2,1-2H3. The number of carbonyl (C=O) groups excluding carboxylic acids is 1. The predicted molar refractivity (Wildman–Crippen MR) is 81.6 cm³/mol. The molecule has 5 nitrogen and oxygen atoms in total. The molecule has 0 saturated carbocycles. The highest BCUT2D eigenvalue weighted by Gasteiger charge is 2.26. The van der Waals surface area contributed by atoms with E-state index >= 15 is 0 Å². The van der Waals surface area contributed by atoms with E-state index in [2.05, 4.69) is 11.9 Å². The van der Waals surface area contributed by atoms with Gasteiger partial charge in [-0.25, -0.2) is 4.98 Å². The van der Waals surface area contributed by atoms with E-state index in [4.69, 9.17) is 0 Å². The third-order valence-electron chi connectivity index (χ3n) is 3.90. The molecule has 0 aromatic carbocycles. The van der Waals surface area contributed by atoms with Crippen molar-refractivity contribution >= 4 is 17.2 Å². The SMILES string of the molecule is CCc1ccsc1C(=O)N1CCc2c(ncn(C)c2=O)C1. The molecule has 2 aromatic rings. The van der Waals surface area contributed by atoms with Crippen molar-refractivity contribution in [2.24, 2.45) is 7.05 Å². The summed E-state index contributed by atoms with van der Waals surface area (Å²) in [6.45, 7) is 3.05. The third-order valence-corrected chi connectivity index (χ3v) is 4.84. The highest BCUT2D eigenvalue weighted by molar-refractivity contribution is 7.12. The number of hydrogen-bond donors (Lipinski definition) is 0. The first-order valence-corrected chi connectivity index (χ1v) is 7.88. The number of aromatic nitrogens is 2. The molecule has 0 spiro atoms. The Kier molecular flexibility index (Phi) is 3.63. The van der Waals surface area contributed by atoms with Crippen LogP contribution in [-0.4, -0.2) is 26.9 Å². The Bertz CT molecular complexity index is 748. The summed E-state index contributed by atoms with van der Waals surface area (Å²) in [5.74, 6) is 0.0509. The smallest absolute Gasteiger partial charge is 0.264 e. The fourth-order valence-corrected chi connectivity index (χ4v) is 3.60. The highest BCUT2D eigenvalue weighted by Crippen LogP contribution is 2.22. The normalized spacial score (nSPS) is 14.1. The van der Waals surface area contributed by atoms with Gasteiger partial charge in [-0.05, 0) is 29.9 Å². The molecule has 1 aliphatic rings. The van der Waals surface area contributed by atoms with Gasteiger partial charge in [0, 0.05) is 19.2 Å². The van der Waals surface area contributed by atoms with Crippen LogP contribution in [0.3, 0.4) is 0 Å². The topological polar surface area (TPSA) is 55.2 Å². The van der Waals surface area contributed by atoms with E-state index in [-0.39, 0.29) is 11.5 Å². The van der Waals surface area contributed by atoms with Crippen LogP contribution >= 0.6 is 11.3 Å². The average Bonchev–Trinajstić information content (AvgIpc) is 2.98. The van der Waals surface area contributed by atoms with Crippen LogP contribution < -0.4 is 5.56 Å². The van der Waals surface area contributed by atoms with Crippen LogP contribution in [0.25, 0.3) is 0 Å². The molecule has 0 N–H and O–H groups in total. The van der Waals surface area contributed by atoms with Crippen LogP contribution in [0, 0.1) is 0 Å². The zero-order chi connectivity index (χ0) is 15.0. The van der Waals surface area contributed by atoms with E-state index in [1.807, 2.05) is 11.4 Å². The summed E-state index contributed by atoms with van der Waals surface area (Å²) >= 11 is 1.49. The number of rotatable bonds is 2. The lowest BCUT2D eigenvalue weighted by Gasteiger charge is -2.27. The zero-order valence-electron chi connectivity index (χ0n) is 12.1. The van der Waals surface area contributed by atoms with Gasteiger partial charge in [0.05, 0.1) is 23.4 Å². The van der Waals surface area contributed by atoms with E-state index in [9.17, 15) is 9.59 Å². The van der Waals surface area contributed by atoms with Crippen molar-refractivity contribution in [3.05, 3.63) is 49.8 Å². The maximum atomic E-state index is 12.6. The van der Waals surface area contributed by atoms with E-state index in [1.165, 1.54) is 22.2 Å². The number of aryl methyl sites for hydroxylation is 2. The molecular formula is C15H17N3O2S. The van der Waals surface area contributed by atoms with Crippen molar-refractivity contribution in [1.29, 1.82) is 0 Å². The van der Waals surface area contributed by atoms with Crippen molar-refractivity contribution in [1.82, 2.24) is 14.5 Å². The molecule has 1 aliphatic heterocycles. The second-order valence-electron chi connectivity index (χ2n) is 5.19.